The fourth-order valence-corrected chi connectivity index (χ4v) is 3.64. The largest absolute Gasteiger partial charge is 0.496 e. The Morgan fingerprint density at radius 2 is 2.05 bits per heavy atom. The molecule has 0 bridgehead atoms. The maximum Gasteiger partial charge on any atom is 0.234 e. The third-order valence-electron chi connectivity index (χ3n) is 4.97. The van der Waals surface area contributed by atoms with Crippen molar-refractivity contribution in [3.63, 3.8) is 0 Å². The molecule has 0 radical (unpaired) electrons. The number of nitrogens with zero attached hydrogens (tertiary/aromatic N) is 1. The van der Waals surface area contributed by atoms with E-state index in [4.69, 9.17) is 4.74 Å². The monoisotopic (exact) mass is 302 g/mol. The van der Waals surface area contributed by atoms with E-state index in [1.807, 2.05) is 12.1 Å². The van der Waals surface area contributed by atoms with Crippen LogP contribution in [0.25, 0.3) is 0 Å². The highest BCUT2D eigenvalue weighted by Gasteiger charge is 2.25. The summed E-state index contributed by atoms with van der Waals surface area (Å²) < 4.78 is 5.41. The Hall–Kier alpha value is -1.55. The normalized spacial score (nSPS) is 24.8. The van der Waals surface area contributed by atoms with E-state index < -0.39 is 0 Å². The molecular weight excluding hydrogens is 276 g/mol. The van der Waals surface area contributed by atoms with E-state index >= 15 is 0 Å². The summed E-state index contributed by atoms with van der Waals surface area (Å²) in [4.78, 5) is 14.5. The second kappa shape index (κ2) is 6.69. The minimum absolute atomic E-state index is 0.159. The number of nitrogens with one attached hydrogen (secondary N) is 1. The van der Waals surface area contributed by atoms with E-state index in [9.17, 15) is 4.79 Å². The molecule has 0 aromatic heterocycles. The molecule has 0 unspecified atom stereocenters. The highest BCUT2D eigenvalue weighted by Crippen LogP contribution is 2.30. The molecule has 1 heterocycles. The van der Waals surface area contributed by atoms with Gasteiger partial charge in [-0.25, -0.2) is 0 Å². The minimum atomic E-state index is 0.159. The van der Waals surface area contributed by atoms with Gasteiger partial charge in [-0.2, -0.15) is 0 Å². The summed E-state index contributed by atoms with van der Waals surface area (Å²) >= 11 is 0. The van der Waals surface area contributed by atoms with Crippen molar-refractivity contribution in [3.8, 4) is 5.75 Å². The van der Waals surface area contributed by atoms with E-state index in [2.05, 4.69) is 23.2 Å². The Labute approximate surface area is 132 Å². The molecular formula is C18H26N2O2. The molecule has 1 aliphatic heterocycles. The summed E-state index contributed by atoms with van der Waals surface area (Å²) in [7, 11) is 1.70. The van der Waals surface area contributed by atoms with E-state index in [0.717, 1.165) is 37.6 Å². The van der Waals surface area contributed by atoms with Crippen LogP contribution >= 0.6 is 0 Å². The predicted molar refractivity (Wildman–Crippen MR) is 86.7 cm³/mol. The second-order valence-corrected chi connectivity index (χ2v) is 6.77. The number of fused-ring (bicyclic) bond motifs is 1. The lowest BCUT2D eigenvalue weighted by atomic mass is 9.87. The van der Waals surface area contributed by atoms with E-state index in [1.165, 1.54) is 24.0 Å². The van der Waals surface area contributed by atoms with E-state index in [1.54, 1.807) is 7.11 Å². The van der Waals surface area contributed by atoms with Crippen LogP contribution < -0.4 is 10.1 Å². The molecule has 22 heavy (non-hydrogen) atoms. The van der Waals surface area contributed by atoms with Crippen LogP contribution in [0, 0.1) is 5.92 Å². The van der Waals surface area contributed by atoms with Gasteiger partial charge in [0, 0.05) is 24.7 Å². The Kier molecular flexibility index (Phi) is 4.67. The molecule has 1 N–H and O–H groups in total. The van der Waals surface area contributed by atoms with Crippen LogP contribution in [0.1, 0.15) is 43.7 Å². The molecule has 4 nitrogen and oxygen atoms in total. The van der Waals surface area contributed by atoms with Crippen molar-refractivity contribution in [2.75, 3.05) is 13.7 Å². The standard InChI is InChI=1S/C18H26N2O2/c1-13-6-8-15(9-7-13)19-18(21)12-20-10-14-4-3-5-17(22-2)16(14)11-20/h3-5,13,15H,6-12H2,1-2H3,(H,19,21). The quantitative estimate of drug-likeness (QED) is 0.930. The van der Waals surface area contributed by atoms with Crippen LogP contribution in [0.15, 0.2) is 18.2 Å². The molecule has 0 spiro atoms. The van der Waals surface area contributed by atoms with Gasteiger partial charge in [0.25, 0.3) is 0 Å². The molecule has 1 saturated carbocycles. The van der Waals surface area contributed by atoms with E-state index in [-0.39, 0.29) is 5.91 Å². The lowest BCUT2D eigenvalue weighted by Crippen LogP contribution is -2.42. The number of carbonyl (C=O) groups excluding carboxylic acids is 1. The molecule has 1 aromatic rings. The Bertz CT molecular complexity index is 536. The third kappa shape index (κ3) is 3.43. The lowest BCUT2D eigenvalue weighted by molar-refractivity contribution is -0.123. The molecule has 1 amide bonds. The molecule has 1 aromatic carbocycles. The molecule has 2 aliphatic rings. The topological polar surface area (TPSA) is 41.6 Å². The zero-order valence-electron chi connectivity index (χ0n) is 13.6. The molecule has 1 aliphatic carbocycles. The van der Waals surface area contributed by atoms with Crippen LogP contribution in [-0.2, 0) is 17.9 Å². The summed E-state index contributed by atoms with van der Waals surface area (Å²) in [6.07, 6.45) is 4.72. The summed E-state index contributed by atoms with van der Waals surface area (Å²) in [5.74, 6) is 1.90. The van der Waals surface area contributed by atoms with Gasteiger partial charge >= 0.3 is 0 Å². The van der Waals surface area contributed by atoms with Gasteiger partial charge < -0.3 is 10.1 Å². The first kappa shape index (κ1) is 15.3. The van der Waals surface area contributed by atoms with Crippen LogP contribution in [-0.4, -0.2) is 30.5 Å². The fraction of sp³-hybridized carbons (Fsp3) is 0.611. The maximum atomic E-state index is 12.3. The minimum Gasteiger partial charge on any atom is -0.496 e. The smallest absolute Gasteiger partial charge is 0.234 e. The van der Waals surface area contributed by atoms with E-state index in [0.29, 0.717) is 12.6 Å². The van der Waals surface area contributed by atoms with Crippen LogP contribution in [0.2, 0.25) is 0 Å². The number of benzene rings is 1. The highest BCUT2D eigenvalue weighted by molar-refractivity contribution is 5.78. The van der Waals surface area contributed by atoms with Gasteiger partial charge in [-0.1, -0.05) is 19.1 Å². The summed E-state index contributed by atoms with van der Waals surface area (Å²) in [6, 6.07) is 6.51. The molecule has 1 fully saturated rings. The average Bonchev–Trinajstić information content (AvgIpc) is 2.91. The van der Waals surface area contributed by atoms with Gasteiger partial charge in [-0.3, -0.25) is 9.69 Å². The van der Waals surface area contributed by atoms with Crippen LogP contribution in [0.5, 0.6) is 5.75 Å². The Balaban J connectivity index is 1.51. The van der Waals surface area contributed by atoms with Gasteiger partial charge in [0.2, 0.25) is 5.91 Å². The van der Waals surface area contributed by atoms with Crippen molar-refractivity contribution in [3.05, 3.63) is 29.3 Å². The summed E-state index contributed by atoms with van der Waals surface area (Å²) in [5, 5.41) is 3.21. The van der Waals surface area contributed by atoms with Crippen molar-refractivity contribution in [2.24, 2.45) is 5.92 Å². The van der Waals surface area contributed by atoms with Gasteiger partial charge in [-0.15, -0.1) is 0 Å². The summed E-state index contributed by atoms with van der Waals surface area (Å²) in [6.45, 7) is 4.41. The van der Waals surface area contributed by atoms with Crippen molar-refractivity contribution >= 4 is 5.91 Å². The number of rotatable bonds is 4. The number of hydrogen-bond acceptors (Lipinski definition) is 3. The van der Waals surface area contributed by atoms with Gasteiger partial charge in [0.05, 0.1) is 13.7 Å². The van der Waals surface area contributed by atoms with Crippen molar-refractivity contribution < 1.29 is 9.53 Å². The molecule has 0 saturated heterocycles. The molecule has 4 heteroatoms. The first-order valence-electron chi connectivity index (χ1n) is 8.32. The number of amides is 1. The fourth-order valence-electron chi connectivity index (χ4n) is 3.64. The number of methoxy groups -OCH3 is 1. The Morgan fingerprint density at radius 1 is 1.27 bits per heavy atom. The lowest BCUT2D eigenvalue weighted by Gasteiger charge is -2.27. The first-order chi connectivity index (χ1) is 10.7. The van der Waals surface area contributed by atoms with Crippen LogP contribution in [0.3, 0.4) is 0 Å². The van der Waals surface area contributed by atoms with Crippen molar-refractivity contribution in [1.29, 1.82) is 0 Å². The third-order valence-corrected chi connectivity index (χ3v) is 4.97. The van der Waals surface area contributed by atoms with Crippen LogP contribution in [0.4, 0.5) is 0 Å². The predicted octanol–water partition coefficient (Wildman–Crippen LogP) is 2.71. The average molecular weight is 302 g/mol. The van der Waals surface area contributed by atoms with Gasteiger partial charge in [0.1, 0.15) is 5.75 Å². The highest BCUT2D eigenvalue weighted by atomic mass is 16.5. The number of carbonyl (C=O) groups is 1. The molecule has 0 atom stereocenters. The molecule has 3 rings (SSSR count). The van der Waals surface area contributed by atoms with Crippen molar-refractivity contribution in [1.82, 2.24) is 10.2 Å². The zero-order chi connectivity index (χ0) is 15.5. The number of ether oxygens (including phenoxy) is 1. The van der Waals surface area contributed by atoms with Crippen molar-refractivity contribution in [2.45, 2.75) is 51.7 Å². The second-order valence-electron chi connectivity index (χ2n) is 6.77. The maximum absolute atomic E-state index is 12.3. The first-order valence-corrected chi connectivity index (χ1v) is 8.32. The van der Waals surface area contributed by atoms with Gasteiger partial charge in [0.15, 0.2) is 0 Å². The summed E-state index contributed by atoms with van der Waals surface area (Å²) in [5.41, 5.74) is 2.50. The SMILES string of the molecule is COc1cccc2c1CN(CC(=O)NC1CCC(C)CC1)C2. The molecule has 120 valence electrons. The number of hydrogen-bond donors (Lipinski definition) is 1. The zero-order valence-corrected chi connectivity index (χ0v) is 13.6. The van der Waals surface area contributed by atoms with Gasteiger partial charge in [-0.05, 0) is 43.2 Å². The Morgan fingerprint density at radius 3 is 2.77 bits per heavy atom.